The Labute approximate surface area is 69.2 Å². The SMILES string of the molecule is O=CO.c1ccc2occc2c1. The van der Waals surface area contributed by atoms with Crippen LogP contribution in [0.1, 0.15) is 0 Å². The number of rotatable bonds is 0. The van der Waals surface area contributed by atoms with Crippen molar-refractivity contribution in [1.82, 2.24) is 0 Å². The second kappa shape index (κ2) is 4.18. The van der Waals surface area contributed by atoms with Crippen LogP contribution in [0.15, 0.2) is 41.0 Å². The van der Waals surface area contributed by atoms with Crippen molar-refractivity contribution < 1.29 is 14.3 Å². The largest absolute Gasteiger partial charge is 0.483 e. The van der Waals surface area contributed by atoms with Crippen LogP contribution in [-0.4, -0.2) is 11.6 Å². The maximum absolute atomic E-state index is 8.36. The Morgan fingerprint density at radius 2 is 1.92 bits per heavy atom. The minimum Gasteiger partial charge on any atom is -0.483 e. The lowest BCUT2D eigenvalue weighted by molar-refractivity contribution is -0.122. The first-order valence-electron chi connectivity index (χ1n) is 3.38. The number of benzene rings is 1. The average Bonchev–Trinajstić information content (AvgIpc) is 2.52. The molecule has 0 aliphatic carbocycles. The third-order valence-corrected chi connectivity index (χ3v) is 1.36. The van der Waals surface area contributed by atoms with Gasteiger partial charge in [0.05, 0.1) is 6.26 Å². The molecule has 2 rings (SSSR count). The topological polar surface area (TPSA) is 50.4 Å². The van der Waals surface area contributed by atoms with E-state index in [4.69, 9.17) is 14.3 Å². The van der Waals surface area contributed by atoms with E-state index in [0.717, 1.165) is 11.0 Å². The molecular weight excluding hydrogens is 156 g/mol. The van der Waals surface area contributed by atoms with Gasteiger partial charge in [-0.15, -0.1) is 0 Å². The van der Waals surface area contributed by atoms with Gasteiger partial charge in [-0.3, -0.25) is 4.79 Å². The van der Waals surface area contributed by atoms with Crippen LogP contribution in [0.4, 0.5) is 0 Å². The summed E-state index contributed by atoms with van der Waals surface area (Å²) in [6.45, 7) is -0.250. The molecule has 0 unspecified atom stereocenters. The Balaban J connectivity index is 0.000000213. The van der Waals surface area contributed by atoms with Crippen molar-refractivity contribution >= 4 is 17.4 Å². The fourth-order valence-electron chi connectivity index (χ4n) is 0.906. The van der Waals surface area contributed by atoms with Crippen molar-refractivity contribution in [3.05, 3.63) is 36.6 Å². The Hall–Kier alpha value is -1.77. The van der Waals surface area contributed by atoms with Gasteiger partial charge in [0.1, 0.15) is 5.58 Å². The number of fused-ring (bicyclic) bond motifs is 1. The minimum absolute atomic E-state index is 0.250. The highest BCUT2D eigenvalue weighted by molar-refractivity contribution is 5.76. The molecule has 1 aromatic carbocycles. The first-order chi connectivity index (χ1) is 5.88. The van der Waals surface area contributed by atoms with Crippen molar-refractivity contribution in [2.24, 2.45) is 0 Å². The Morgan fingerprint density at radius 1 is 1.25 bits per heavy atom. The van der Waals surface area contributed by atoms with Crippen LogP contribution in [0.2, 0.25) is 0 Å². The van der Waals surface area contributed by atoms with E-state index in [-0.39, 0.29) is 6.47 Å². The fourth-order valence-corrected chi connectivity index (χ4v) is 0.906. The number of hydrogen-bond acceptors (Lipinski definition) is 2. The molecule has 0 spiro atoms. The lowest BCUT2D eigenvalue weighted by Gasteiger charge is -1.81. The van der Waals surface area contributed by atoms with Crippen LogP contribution in [-0.2, 0) is 4.79 Å². The number of carboxylic acid groups (broad SMARTS) is 1. The zero-order valence-corrected chi connectivity index (χ0v) is 6.31. The predicted octanol–water partition coefficient (Wildman–Crippen LogP) is 2.13. The summed E-state index contributed by atoms with van der Waals surface area (Å²) in [6, 6.07) is 9.90. The van der Waals surface area contributed by atoms with Gasteiger partial charge in [0.15, 0.2) is 0 Å². The highest BCUT2D eigenvalue weighted by atomic mass is 16.3. The summed E-state index contributed by atoms with van der Waals surface area (Å²) >= 11 is 0. The molecule has 0 radical (unpaired) electrons. The standard InChI is InChI=1S/C8H6O.CH2O2/c1-2-4-8-7(3-1)5-6-9-8;2-1-3/h1-6H;1H,(H,2,3). The van der Waals surface area contributed by atoms with Gasteiger partial charge in [-0.2, -0.15) is 0 Å². The summed E-state index contributed by atoms with van der Waals surface area (Å²) in [7, 11) is 0. The maximum atomic E-state index is 8.36. The van der Waals surface area contributed by atoms with Crippen LogP contribution in [0.25, 0.3) is 11.0 Å². The average molecular weight is 164 g/mol. The molecule has 1 N–H and O–H groups in total. The van der Waals surface area contributed by atoms with Crippen LogP contribution in [0.5, 0.6) is 0 Å². The van der Waals surface area contributed by atoms with Crippen LogP contribution in [0.3, 0.4) is 0 Å². The molecule has 0 saturated carbocycles. The zero-order chi connectivity index (χ0) is 8.81. The van der Waals surface area contributed by atoms with Crippen LogP contribution >= 0.6 is 0 Å². The molecule has 62 valence electrons. The number of para-hydroxylation sites is 1. The van der Waals surface area contributed by atoms with E-state index in [1.165, 1.54) is 0 Å². The summed E-state index contributed by atoms with van der Waals surface area (Å²) in [5.74, 6) is 0. The molecule has 3 nitrogen and oxygen atoms in total. The molecule has 0 saturated heterocycles. The van der Waals surface area contributed by atoms with E-state index < -0.39 is 0 Å². The molecule has 0 atom stereocenters. The first-order valence-corrected chi connectivity index (χ1v) is 3.38. The van der Waals surface area contributed by atoms with Crippen molar-refractivity contribution in [3.63, 3.8) is 0 Å². The van der Waals surface area contributed by atoms with Crippen LogP contribution < -0.4 is 0 Å². The third-order valence-electron chi connectivity index (χ3n) is 1.36. The number of carbonyl (C=O) groups is 1. The van der Waals surface area contributed by atoms with Crippen molar-refractivity contribution in [2.45, 2.75) is 0 Å². The first kappa shape index (κ1) is 8.33. The van der Waals surface area contributed by atoms with Gasteiger partial charge in [0, 0.05) is 5.39 Å². The van der Waals surface area contributed by atoms with Gasteiger partial charge in [-0.1, -0.05) is 18.2 Å². The molecule has 12 heavy (non-hydrogen) atoms. The molecule has 0 fully saturated rings. The summed E-state index contributed by atoms with van der Waals surface area (Å²) < 4.78 is 5.12. The lowest BCUT2D eigenvalue weighted by atomic mass is 10.3. The Morgan fingerprint density at radius 3 is 2.58 bits per heavy atom. The van der Waals surface area contributed by atoms with Crippen molar-refractivity contribution in [3.8, 4) is 0 Å². The summed E-state index contributed by atoms with van der Waals surface area (Å²) in [5.41, 5.74) is 0.956. The highest BCUT2D eigenvalue weighted by Crippen LogP contribution is 2.12. The van der Waals surface area contributed by atoms with Gasteiger partial charge >= 0.3 is 0 Å². The lowest BCUT2D eigenvalue weighted by Crippen LogP contribution is -1.57. The molecule has 0 amide bonds. The highest BCUT2D eigenvalue weighted by Gasteiger charge is 1.89. The van der Waals surface area contributed by atoms with Gasteiger partial charge in [0.2, 0.25) is 0 Å². The molecular formula is C9H8O3. The van der Waals surface area contributed by atoms with Gasteiger partial charge < -0.3 is 9.52 Å². The Bertz CT molecular complexity index is 321. The molecule has 0 aliphatic heterocycles. The van der Waals surface area contributed by atoms with E-state index in [2.05, 4.69) is 0 Å². The number of hydrogen-bond donors (Lipinski definition) is 1. The molecule has 0 aliphatic rings. The van der Waals surface area contributed by atoms with Gasteiger partial charge in [-0.05, 0) is 12.1 Å². The summed E-state index contributed by atoms with van der Waals surface area (Å²) in [4.78, 5) is 8.36. The van der Waals surface area contributed by atoms with Gasteiger partial charge in [0.25, 0.3) is 6.47 Å². The fraction of sp³-hybridized carbons (Fsp3) is 0. The molecule has 2 aromatic rings. The van der Waals surface area contributed by atoms with E-state index in [0.29, 0.717) is 0 Å². The van der Waals surface area contributed by atoms with Crippen molar-refractivity contribution in [1.29, 1.82) is 0 Å². The maximum Gasteiger partial charge on any atom is 0.290 e. The third kappa shape index (κ3) is 1.85. The Kier molecular flexibility index (Phi) is 2.90. The summed E-state index contributed by atoms with van der Waals surface area (Å²) in [6.07, 6.45) is 1.70. The molecule has 1 aromatic heterocycles. The monoisotopic (exact) mass is 164 g/mol. The van der Waals surface area contributed by atoms with Crippen molar-refractivity contribution in [2.75, 3.05) is 0 Å². The predicted molar refractivity (Wildman–Crippen MR) is 44.9 cm³/mol. The second-order valence-electron chi connectivity index (χ2n) is 2.06. The van der Waals surface area contributed by atoms with E-state index in [9.17, 15) is 0 Å². The quantitative estimate of drug-likeness (QED) is 0.607. The second-order valence-corrected chi connectivity index (χ2v) is 2.06. The normalized spacial score (nSPS) is 8.67. The van der Waals surface area contributed by atoms with E-state index in [1.54, 1.807) is 6.26 Å². The molecule has 1 heterocycles. The van der Waals surface area contributed by atoms with E-state index in [1.807, 2.05) is 30.3 Å². The van der Waals surface area contributed by atoms with Crippen LogP contribution in [0, 0.1) is 0 Å². The minimum atomic E-state index is -0.250. The molecule has 3 heteroatoms. The molecule has 0 bridgehead atoms. The zero-order valence-electron chi connectivity index (χ0n) is 6.31. The van der Waals surface area contributed by atoms with Gasteiger partial charge in [-0.25, -0.2) is 0 Å². The smallest absolute Gasteiger partial charge is 0.290 e. The summed E-state index contributed by atoms with van der Waals surface area (Å²) in [5, 5.41) is 8.05. The number of furan rings is 1. The van der Waals surface area contributed by atoms with E-state index >= 15 is 0 Å².